The third kappa shape index (κ3) is 8.43. The lowest BCUT2D eigenvalue weighted by atomic mass is 10.1. The molecule has 0 saturated carbocycles. The van der Waals surface area contributed by atoms with E-state index in [1.54, 1.807) is 30.3 Å². The van der Waals surface area contributed by atoms with Crippen LogP contribution in [0.1, 0.15) is 28.5 Å². The number of benzene rings is 2. The molecular weight excluding hydrogens is 545 g/mol. The third-order valence-corrected chi connectivity index (χ3v) is 5.78. The maximum absolute atomic E-state index is 12.2. The summed E-state index contributed by atoms with van der Waals surface area (Å²) in [5.41, 5.74) is 4.05. The molecule has 1 amide bonds. The first kappa shape index (κ1) is 26.8. The average molecular weight is 578 g/mol. The van der Waals surface area contributed by atoms with E-state index in [1.807, 2.05) is 42.5 Å². The molecule has 1 heterocycles. The molecule has 0 saturated heterocycles. The number of hydrogen-bond donors (Lipinski definition) is 2. The number of halogens is 1. The van der Waals surface area contributed by atoms with Crippen molar-refractivity contribution in [1.29, 1.82) is 0 Å². The lowest BCUT2D eigenvalue weighted by molar-refractivity contribution is 0.0827. The Balaban J connectivity index is 0.00000385. The van der Waals surface area contributed by atoms with Gasteiger partial charge in [0.25, 0.3) is 5.91 Å². The van der Waals surface area contributed by atoms with Crippen LogP contribution >= 0.6 is 35.3 Å². The van der Waals surface area contributed by atoms with Gasteiger partial charge in [-0.1, -0.05) is 42.5 Å². The maximum atomic E-state index is 12.2. The number of nitrogens with zero attached hydrogens (tertiary/aromatic N) is 3. The number of thiazole rings is 1. The zero-order valence-corrected chi connectivity index (χ0v) is 22.5. The highest BCUT2D eigenvalue weighted by Crippen LogP contribution is 2.23. The van der Waals surface area contributed by atoms with Crippen molar-refractivity contribution >= 4 is 47.2 Å². The molecule has 0 spiro atoms. The van der Waals surface area contributed by atoms with Crippen LogP contribution in [0.25, 0.3) is 10.6 Å². The molecule has 33 heavy (non-hydrogen) atoms. The van der Waals surface area contributed by atoms with Crippen LogP contribution in [0.5, 0.6) is 0 Å². The molecule has 0 bridgehead atoms. The number of guanidine groups is 1. The second kappa shape index (κ2) is 13.9. The molecule has 0 aliphatic rings. The van der Waals surface area contributed by atoms with Gasteiger partial charge in [0.15, 0.2) is 5.96 Å². The van der Waals surface area contributed by atoms with E-state index >= 15 is 0 Å². The fourth-order valence-corrected chi connectivity index (χ4v) is 4.06. The lowest BCUT2D eigenvalue weighted by Crippen LogP contribution is -2.38. The van der Waals surface area contributed by atoms with Gasteiger partial charge in [-0.3, -0.25) is 9.79 Å². The van der Waals surface area contributed by atoms with E-state index in [0.717, 1.165) is 53.7 Å². The second-order valence-corrected chi connectivity index (χ2v) is 8.46. The average Bonchev–Trinajstić information content (AvgIpc) is 3.28. The first-order chi connectivity index (χ1) is 15.6. The predicted octanol–water partition coefficient (Wildman–Crippen LogP) is 4.47. The minimum absolute atomic E-state index is 0. The van der Waals surface area contributed by atoms with Crippen LogP contribution in [-0.2, 0) is 12.8 Å². The van der Waals surface area contributed by atoms with Gasteiger partial charge in [-0.25, -0.2) is 4.98 Å². The van der Waals surface area contributed by atoms with Gasteiger partial charge in [0.1, 0.15) is 5.01 Å². The van der Waals surface area contributed by atoms with Crippen molar-refractivity contribution in [1.82, 2.24) is 20.5 Å². The molecule has 0 aliphatic carbocycles. The SMILES string of the molecule is CCNC(=NCCc1csc(-c2ccccc2)n1)NCCc1cccc(C(=O)N(C)C)c1.I. The van der Waals surface area contributed by atoms with Gasteiger partial charge in [0.05, 0.1) is 5.69 Å². The topological polar surface area (TPSA) is 69.6 Å². The summed E-state index contributed by atoms with van der Waals surface area (Å²) >= 11 is 1.67. The molecule has 1 aromatic heterocycles. The summed E-state index contributed by atoms with van der Waals surface area (Å²) < 4.78 is 0. The fraction of sp³-hybridized carbons (Fsp3) is 0.320. The number of aromatic nitrogens is 1. The van der Waals surface area contributed by atoms with Gasteiger partial charge < -0.3 is 15.5 Å². The van der Waals surface area contributed by atoms with Gasteiger partial charge in [0.2, 0.25) is 0 Å². The third-order valence-electron chi connectivity index (χ3n) is 4.84. The first-order valence-corrected chi connectivity index (χ1v) is 11.8. The van der Waals surface area contributed by atoms with Gasteiger partial charge >= 0.3 is 0 Å². The molecule has 0 atom stereocenters. The van der Waals surface area contributed by atoms with Crippen molar-refractivity contribution in [3.8, 4) is 10.6 Å². The van der Waals surface area contributed by atoms with Crippen LogP contribution in [0.2, 0.25) is 0 Å². The molecule has 0 unspecified atom stereocenters. The number of carbonyl (C=O) groups excluding carboxylic acids is 1. The first-order valence-electron chi connectivity index (χ1n) is 10.9. The molecule has 2 N–H and O–H groups in total. The predicted molar refractivity (Wildman–Crippen MR) is 149 cm³/mol. The van der Waals surface area contributed by atoms with Crippen LogP contribution in [0.3, 0.4) is 0 Å². The van der Waals surface area contributed by atoms with Gasteiger partial charge in [0, 0.05) is 56.7 Å². The van der Waals surface area contributed by atoms with Crippen LogP contribution in [-0.4, -0.2) is 55.5 Å². The molecule has 2 aromatic carbocycles. The molecule has 0 fully saturated rings. The summed E-state index contributed by atoms with van der Waals surface area (Å²) in [5.74, 6) is 0.818. The summed E-state index contributed by atoms with van der Waals surface area (Å²) in [5, 5.41) is 9.83. The van der Waals surface area contributed by atoms with E-state index in [4.69, 9.17) is 4.98 Å². The Morgan fingerprint density at radius 3 is 2.58 bits per heavy atom. The van der Waals surface area contributed by atoms with E-state index in [-0.39, 0.29) is 29.9 Å². The Morgan fingerprint density at radius 1 is 1.06 bits per heavy atom. The monoisotopic (exact) mass is 577 g/mol. The Labute approximate surface area is 217 Å². The summed E-state index contributed by atoms with van der Waals surface area (Å²) in [6.07, 6.45) is 1.61. The highest BCUT2D eigenvalue weighted by molar-refractivity contribution is 14.0. The smallest absolute Gasteiger partial charge is 0.253 e. The Bertz CT molecular complexity index is 1040. The van der Waals surface area contributed by atoms with Crippen LogP contribution in [0.4, 0.5) is 0 Å². The zero-order valence-electron chi connectivity index (χ0n) is 19.4. The van der Waals surface area contributed by atoms with Crippen molar-refractivity contribution in [2.24, 2.45) is 4.99 Å². The van der Waals surface area contributed by atoms with E-state index in [2.05, 4.69) is 40.1 Å². The van der Waals surface area contributed by atoms with E-state index in [9.17, 15) is 4.79 Å². The number of rotatable bonds is 9. The maximum Gasteiger partial charge on any atom is 0.253 e. The lowest BCUT2D eigenvalue weighted by Gasteiger charge is -2.13. The van der Waals surface area contributed by atoms with Crippen LogP contribution in [0, 0.1) is 0 Å². The van der Waals surface area contributed by atoms with Crippen molar-refractivity contribution < 1.29 is 4.79 Å². The van der Waals surface area contributed by atoms with Gasteiger partial charge in [-0.15, -0.1) is 35.3 Å². The number of amides is 1. The molecule has 0 radical (unpaired) electrons. The Kier molecular flexibility index (Phi) is 11.3. The molecule has 0 aliphatic heterocycles. The summed E-state index contributed by atoms with van der Waals surface area (Å²) in [7, 11) is 3.54. The minimum Gasteiger partial charge on any atom is -0.357 e. The molecule has 6 nitrogen and oxygen atoms in total. The molecule has 176 valence electrons. The standard InChI is InChI=1S/C25H31N5OS.HI/c1-4-26-25(27-15-13-19-9-8-12-21(17-19)24(31)30(2)3)28-16-14-22-18-32-23(29-22)20-10-6-5-7-11-20;/h5-12,17-18H,4,13-16H2,1-3H3,(H2,26,27,28);1H. The fourth-order valence-electron chi connectivity index (χ4n) is 3.20. The van der Waals surface area contributed by atoms with Crippen molar-refractivity contribution in [2.45, 2.75) is 19.8 Å². The Morgan fingerprint density at radius 2 is 1.85 bits per heavy atom. The van der Waals surface area contributed by atoms with Crippen LogP contribution in [0.15, 0.2) is 65.0 Å². The number of hydrogen-bond acceptors (Lipinski definition) is 4. The van der Waals surface area contributed by atoms with E-state index in [1.165, 1.54) is 0 Å². The number of nitrogens with one attached hydrogen (secondary N) is 2. The summed E-state index contributed by atoms with van der Waals surface area (Å²) in [6.45, 7) is 4.26. The number of aliphatic imine (C=N–C) groups is 1. The highest BCUT2D eigenvalue weighted by Gasteiger charge is 2.08. The van der Waals surface area contributed by atoms with Gasteiger partial charge in [-0.05, 0) is 31.0 Å². The second-order valence-electron chi connectivity index (χ2n) is 7.60. The van der Waals surface area contributed by atoms with E-state index in [0.29, 0.717) is 12.1 Å². The van der Waals surface area contributed by atoms with Gasteiger partial charge in [-0.2, -0.15) is 0 Å². The minimum atomic E-state index is 0. The van der Waals surface area contributed by atoms with E-state index < -0.39 is 0 Å². The highest BCUT2D eigenvalue weighted by atomic mass is 127. The summed E-state index contributed by atoms with van der Waals surface area (Å²) in [6, 6.07) is 18.0. The summed E-state index contributed by atoms with van der Waals surface area (Å²) in [4.78, 5) is 23.2. The molecule has 3 rings (SSSR count). The Hall–Kier alpha value is -2.46. The van der Waals surface area contributed by atoms with Crippen LogP contribution < -0.4 is 10.6 Å². The normalized spacial score (nSPS) is 10.9. The molecule has 8 heteroatoms. The van der Waals surface area contributed by atoms with Crippen molar-refractivity contribution in [3.05, 3.63) is 76.8 Å². The number of carbonyl (C=O) groups is 1. The van der Waals surface area contributed by atoms with Crippen molar-refractivity contribution in [2.75, 3.05) is 33.7 Å². The molecular formula is C25H32IN5OS. The van der Waals surface area contributed by atoms with Crippen molar-refractivity contribution in [3.63, 3.8) is 0 Å². The largest absolute Gasteiger partial charge is 0.357 e. The zero-order chi connectivity index (χ0) is 22.8. The molecule has 3 aromatic rings. The quantitative estimate of drug-likeness (QED) is 0.224.